The molecular weight excluding hydrogens is 1200 g/mol. The molecule has 7 aromatic rings. The Balaban J connectivity index is 0.000000206. The summed E-state index contributed by atoms with van der Waals surface area (Å²) in [4.78, 5) is 55.4. The number of carbonyl (C=O) groups is 3. The number of aromatic nitrogens is 6. The molecule has 5 aromatic carbocycles. The lowest BCUT2D eigenvalue weighted by Gasteiger charge is -2.41. The third kappa shape index (κ3) is 16.0. The molecule has 2 aromatic heterocycles. The SMILES string of the molecule is CC(C)(C)[C@H](c1nc(-c2cc(F)ccc2F)nn1Cc1cccc(F)c1)N(C[C@@H]1CN(C(=O)OCc2ccccc2)C[C@@H]1F)C(=O)C1CCCO1.CC(C)(C)[C@H](c1nc(-c2cc(F)ccc2F)nn1Cc1cccc(F)c1)N(C[C@@H]1CNC[C@@H]1F)C(=O)C1CCCO1. The maximum absolute atomic E-state index is 15.9. The second-order valence-corrected chi connectivity index (χ2v) is 26.1. The van der Waals surface area contributed by atoms with Crippen molar-refractivity contribution in [3.05, 3.63) is 179 Å². The number of alkyl halides is 2. The second-order valence-electron chi connectivity index (χ2n) is 26.1. The highest BCUT2D eigenvalue weighted by Gasteiger charge is 2.47. The van der Waals surface area contributed by atoms with Crippen LogP contribution in [0.2, 0.25) is 0 Å². The lowest BCUT2D eigenvalue weighted by atomic mass is 9.83. The number of likely N-dealkylation sites (tertiary alicyclic amines) is 1. The molecule has 0 saturated carbocycles. The average Bonchev–Trinajstić information content (AvgIpc) is 1.57. The van der Waals surface area contributed by atoms with Crippen molar-refractivity contribution in [2.24, 2.45) is 22.7 Å². The first kappa shape index (κ1) is 66.8. The Bertz CT molecular complexity index is 3700. The Morgan fingerprint density at radius 3 is 1.48 bits per heavy atom. The van der Waals surface area contributed by atoms with Crippen molar-refractivity contribution in [3.63, 3.8) is 0 Å². The van der Waals surface area contributed by atoms with Crippen molar-refractivity contribution in [1.29, 1.82) is 0 Å². The van der Waals surface area contributed by atoms with Gasteiger partial charge in [-0.1, -0.05) is 96.1 Å². The van der Waals surface area contributed by atoms with Crippen LogP contribution in [0, 0.1) is 57.6 Å². The topological polar surface area (TPSA) is 162 Å². The minimum absolute atomic E-state index is 0.00328. The number of carbonyl (C=O) groups excluding carboxylic acids is 3. The maximum Gasteiger partial charge on any atom is 0.410 e. The molecule has 0 bridgehead atoms. The zero-order valence-electron chi connectivity index (χ0n) is 52.2. The summed E-state index contributed by atoms with van der Waals surface area (Å²) in [6.45, 7) is 12.7. The Labute approximate surface area is 529 Å². The lowest BCUT2D eigenvalue weighted by Crippen LogP contribution is -2.49. The predicted molar refractivity (Wildman–Crippen MR) is 325 cm³/mol. The monoisotopic (exact) mass is 1280 g/mol. The van der Waals surface area contributed by atoms with Gasteiger partial charge in [0, 0.05) is 57.8 Å². The summed E-state index contributed by atoms with van der Waals surface area (Å²) < 4.78 is 138. The highest BCUT2D eigenvalue weighted by molar-refractivity contribution is 5.82. The zero-order chi connectivity index (χ0) is 65.6. The molecule has 92 heavy (non-hydrogen) atoms. The van der Waals surface area contributed by atoms with Crippen molar-refractivity contribution >= 4 is 17.9 Å². The van der Waals surface area contributed by atoms with Gasteiger partial charge in [0.05, 0.1) is 42.8 Å². The molecule has 4 saturated heterocycles. The Kier molecular flexibility index (Phi) is 20.9. The predicted octanol–water partition coefficient (Wildman–Crippen LogP) is 12.2. The quantitative estimate of drug-likeness (QED) is 0.0814. The third-order valence-electron chi connectivity index (χ3n) is 16.9. The number of nitrogens with one attached hydrogen (secondary N) is 1. The second kappa shape index (κ2) is 28.8. The molecular formula is C68H76F8N10O6. The van der Waals surface area contributed by atoms with Gasteiger partial charge in [-0.25, -0.2) is 59.2 Å². The minimum atomic E-state index is -1.48. The van der Waals surface area contributed by atoms with E-state index in [1.807, 2.05) is 71.9 Å². The fraction of sp³-hybridized carbons (Fsp3) is 0.456. The van der Waals surface area contributed by atoms with E-state index in [-0.39, 0.29) is 92.8 Å². The number of ether oxygens (including phenoxy) is 3. The van der Waals surface area contributed by atoms with Crippen molar-refractivity contribution < 1.29 is 63.7 Å². The molecule has 8 atom stereocenters. The van der Waals surface area contributed by atoms with Gasteiger partial charge in [0.2, 0.25) is 0 Å². The first-order valence-corrected chi connectivity index (χ1v) is 31.0. The van der Waals surface area contributed by atoms with Crippen LogP contribution < -0.4 is 5.32 Å². The highest BCUT2D eigenvalue weighted by atomic mass is 19.2. The van der Waals surface area contributed by atoms with Crippen LogP contribution in [0.25, 0.3) is 22.8 Å². The molecule has 1 N–H and O–H groups in total. The number of amides is 3. The molecule has 16 nitrogen and oxygen atoms in total. The molecule has 4 aliphatic rings. The van der Waals surface area contributed by atoms with Crippen LogP contribution in [0.15, 0.2) is 115 Å². The van der Waals surface area contributed by atoms with Crippen molar-refractivity contribution in [2.75, 3.05) is 52.5 Å². The van der Waals surface area contributed by atoms with Crippen LogP contribution in [-0.2, 0) is 43.5 Å². The maximum atomic E-state index is 15.9. The molecule has 3 amide bonds. The average molecular weight is 1280 g/mol. The summed E-state index contributed by atoms with van der Waals surface area (Å²) in [5.74, 6) is -5.33. The first-order chi connectivity index (χ1) is 43.9. The van der Waals surface area contributed by atoms with E-state index in [0.717, 1.165) is 48.4 Å². The van der Waals surface area contributed by atoms with Crippen molar-refractivity contribution in [1.82, 2.24) is 49.5 Å². The fourth-order valence-electron chi connectivity index (χ4n) is 12.4. The van der Waals surface area contributed by atoms with Gasteiger partial charge in [0.1, 0.15) is 66.1 Å². The fourth-order valence-corrected chi connectivity index (χ4v) is 12.4. The number of hydrogen-bond donors (Lipinski definition) is 1. The zero-order valence-corrected chi connectivity index (χ0v) is 52.2. The van der Waals surface area contributed by atoms with E-state index in [1.165, 1.54) is 43.4 Å². The van der Waals surface area contributed by atoms with Crippen LogP contribution in [-0.4, -0.2) is 139 Å². The lowest BCUT2D eigenvalue weighted by molar-refractivity contribution is -0.148. The first-order valence-electron chi connectivity index (χ1n) is 31.0. The molecule has 0 spiro atoms. The molecule has 6 heterocycles. The van der Waals surface area contributed by atoms with Gasteiger partial charge in [-0.05, 0) is 114 Å². The minimum Gasteiger partial charge on any atom is -0.445 e. The summed E-state index contributed by atoms with van der Waals surface area (Å²) in [5, 5.41) is 12.2. The smallest absolute Gasteiger partial charge is 0.410 e. The molecule has 24 heteroatoms. The molecule has 4 fully saturated rings. The number of benzene rings is 5. The van der Waals surface area contributed by atoms with Crippen LogP contribution in [0.1, 0.15) is 108 Å². The van der Waals surface area contributed by atoms with E-state index in [4.69, 9.17) is 24.2 Å². The molecule has 4 aliphatic heterocycles. The molecule has 0 radical (unpaired) electrons. The van der Waals surface area contributed by atoms with Crippen LogP contribution in [0.3, 0.4) is 0 Å². The van der Waals surface area contributed by atoms with Crippen molar-refractivity contribution in [3.8, 4) is 22.8 Å². The summed E-state index contributed by atoms with van der Waals surface area (Å²) in [6.07, 6.45) is -2.33. The summed E-state index contributed by atoms with van der Waals surface area (Å²) in [6, 6.07) is 25.3. The molecule has 0 aliphatic carbocycles. The van der Waals surface area contributed by atoms with E-state index in [0.29, 0.717) is 56.0 Å². The normalized spacial score (nSPS) is 20.6. The number of halogens is 8. The molecule has 490 valence electrons. The van der Waals surface area contributed by atoms with Crippen LogP contribution >= 0.6 is 0 Å². The van der Waals surface area contributed by atoms with Gasteiger partial charge in [0.15, 0.2) is 23.3 Å². The van der Waals surface area contributed by atoms with E-state index in [2.05, 4.69) is 15.5 Å². The Morgan fingerprint density at radius 1 is 0.576 bits per heavy atom. The van der Waals surface area contributed by atoms with Gasteiger partial charge in [-0.2, -0.15) is 10.2 Å². The number of rotatable bonds is 18. The number of hydrogen-bond acceptors (Lipinski definition) is 11. The summed E-state index contributed by atoms with van der Waals surface area (Å²) in [7, 11) is 0. The molecule has 2 unspecified atom stereocenters. The van der Waals surface area contributed by atoms with Gasteiger partial charge < -0.3 is 34.2 Å². The van der Waals surface area contributed by atoms with Crippen LogP contribution in [0.5, 0.6) is 0 Å². The van der Waals surface area contributed by atoms with E-state index in [9.17, 15) is 40.7 Å². The Morgan fingerprint density at radius 2 is 1.04 bits per heavy atom. The highest BCUT2D eigenvalue weighted by Crippen LogP contribution is 2.43. The Hall–Kier alpha value is -8.09. The van der Waals surface area contributed by atoms with Gasteiger partial charge in [-0.3, -0.25) is 9.59 Å². The van der Waals surface area contributed by atoms with Crippen LogP contribution in [0.4, 0.5) is 39.9 Å². The van der Waals surface area contributed by atoms with E-state index < -0.39 is 100 Å². The summed E-state index contributed by atoms with van der Waals surface area (Å²) >= 11 is 0. The molecule has 11 rings (SSSR count). The largest absolute Gasteiger partial charge is 0.445 e. The van der Waals surface area contributed by atoms with Gasteiger partial charge >= 0.3 is 6.09 Å². The van der Waals surface area contributed by atoms with Crippen molar-refractivity contribution in [2.45, 2.75) is 124 Å². The standard InChI is InChI=1S/C38H41F4N5O4.C30H35F4N5O2/c1-38(2,3)33(35-43-34(29-18-28(40)14-15-30(29)41)44-47(35)19-25-11-7-12-27(39)17-25)46(36(48)32-13-8-16-50-32)21-26-20-45(22-31(26)42)37(49)51-23-24-9-5-4-6-10-24;1-30(2,3)26(38(17-19-14-35-15-24(19)34)29(40)25-8-5-11-41-25)28-36-27(22-13-21(32)9-10-23(22)33)37-39(28)16-18-6-4-7-20(31)12-18/h4-7,9-12,14-15,17-18,26,31-33H,8,13,16,19-23H2,1-3H3;4,6-7,9-10,12-13,19,24-26,35H,5,8,11,14-17H2,1-3H3/t26-,31-,32?,33-;19-,24-,25?,26-/m00/s1. The van der Waals surface area contributed by atoms with Gasteiger partial charge in [0.25, 0.3) is 11.8 Å². The summed E-state index contributed by atoms with van der Waals surface area (Å²) in [5.41, 5.74) is 0.103. The third-order valence-corrected chi connectivity index (χ3v) is 16.9. The van der Waals surface area contributed by atoms with Gasteiger partial charge in [-0.15, -0.1) is 0 Å². The van der Waals surface area contributed by atoms with E-state index in [1.54, 1.807) is 29.2 Å². The van der Waals surface area contributed by atoms with E-state index >= 15 is 8.78 Å². The number of nitrogens with zero attached hydrogens (tertiary/aromatic N) is 9.